The van der Waals surface area contributed by atoms with E-state index in [9.17, 15) is 14.0 Å². The molecule has 6 nitrogen and oxygen atoms in total. The highest BCUT2D eigenvalue weighted by molar-refractivity contribution is 5.75. The summed E-state index contributed by atoms with van der Waals surface area (Å²) in [5.74, 6) is 0. The fourth-order valence-electron chi connectivity index (χ4n) is 3.03. The molecule has 0 unspecified atom stereocenters. The first kappa shape index (κ1) is 18.8. The van der Waals surface area contributed by atoms with Crippen LogP contribution in [0.4, 0.5) is 4.39 Å². The van der Waals surface area contributed by atoms with Crippen LogP contribution in [0.2, 0.25) is 0 Å². The van der Waals surface area contributed by atoms with E-state index in [1.165, 1.54) is 19.9 Å². The van der Waals surface area contributed by atoms with Gasteiger partial charge in [0.25, 0.3) is 11.6 Å². The normalized spacial score (nSPS) is 11.7. The van der Waals surface area contributed by atoms with Gasteiger partial charge in [-0.3, -0.25) is 9.78 Å². The Morgan fingerprint density at radius 1 is 1.26 bits per heavy atom. The molecule has 0 aliphatic heterocycles. The monoisotopic (exact) mass is 372 g/mol. The van der Waals surface area contributed by atoms with Crippen molar-refractivity contribution in [2.45, 2.75) is 46.4 Å². The van der Waals surface area contributed by atoms with E-state index in [1.807, 2.05) is 26.0 Å². The van der Waals surface area contributed by atoms with E-state index >= 15 is 0 Å². The van der Waals surface area contributed by atoms with Crippen molar-refractivity contribution in [2.75, 3.05) is 0 Å². The number of halogens is 1. The quantitative estimate of drug-likeness (QED) is 0.740. The van der Waals surface area contributed by atoms with Crippen molar-refractivity contribution in [1.82, 2.24) is 9.97 Å². The van der Waals surface area contributed by atoms with Crippen molar-refractivity contribution in [3.8, 4) is 6.01 Å². The minimum Gasteiger partial charge on any atom is -0.460 e. The molecule has 1 N–H and O–H groups in total. The second-order valence-electron chi connectivity index (χ2n) is 6.91. The van der Waals surface area contributed by atoms with E-state index in [1.54, 1.807) is 6.07 Å². The van der Waals surface area contributed by atoms with Crippen molar-refractivity contribution in [2.24, 2.45) is 0 Å². The summed E-state index contributed by atoms with van der Waals surface area (Å²) >= 11 is 0. The number of nitrogens with one attached hydrogen (secondary N) is 1. The molecule has 7 heteroatoms. The molecule has 0 saturated heterocycles. The molecule has 0 amide bonds. The van der Waals surface area contributed by atoms with Crippen molar-refractivity contribution in [3.63, 3.8) is 0 Å². The maximum Gasteiger partial charge on any atom is 0.337 e. The second-order valence-corrected chi connectivity index (χ2v) is 6.91. The number of nitrogens with zero attached hydrogens (tertiary/aromatic N) is 1. The van der Waals surface area contributed by atoms with Crippen LogP contribution >= 0.6 is 0 Å². The van der Waals surface area contributed by atoms with Crippen LogP contribution in [-0.2, 0) is 18.7 Å². The first-order valence-corrected chi connectivity index (χ1v) is 8.68. The number of fused-ring (bicyclic) bond motifs is 1. The zero-order valence-corrected chi connectivity index (χ0v) is 15.7. The zero-order chi connectivity index (χ0) is 19.8. The summed E-state index contributed by atoms with van der Waals surface area (Å²) in [5, 5.41) is 0.237. The van der Waals surface area contributed by atoms with Crippen molar-refractivity contribution < 1.29 is 13.5 Å². The molecule has 0 fully saturated rings. The standard InChI is InChI=1S/C20H21FN2O4/c1-5-13-9-15(24)27-18-16(13)17(25)22-19(23-18)26-10-12-7-6-11(2)14(8-12)20(3,4)21/h6-9H,5,10H2,1-4H3,(H,22,23,25). The largest absolute Gasteiger partial charge is 0.460 e. The third-order valence-electron chi connectivity index (χ3n) is 4.37. The van der Waals surface area contributed by atoms with Crippen molar-refractivity contribution in [3.05, 3.63) is 67.3 Å². The third-order valence-corrected chi connectivity index (χ3v) is 4.37. The average molecular weight is 372 g/mol. The molecule has 0 radical (unpaired) electrons. The van der Waals surface area contributed by atoms with Gasteiger partial charge in [0.2, 0.25) is 5.71 Å². The van der Waals surface area contributed by atoms with Gasteiger partial charge >= 0.3 is 5.63 Å². The van der Waals surface area contributed by atoms with Crippen LogP contribution in [0.25, 0.3) is 11.1 Å². The predicted octanol–water partition coefficient (Wildman–Crippen LogP) is 3.53. The number of hydrogen-bond acceptors (Lipinski definition) is 5. The molecule has 0 aliphatic carbocycles. The van der Waals surface area contributed by atoms with E-state index in [2.05, 4.69) is 9.97 Å². The lowest BCUT2D eigenvalue weighted by molar-refractivity contribution is 0.219. The number of hydrogen-bond donors (Lipinski definition) is 1. The Labute approximate surface area is 155 Å². The Balaban J connectivity index is 1.92. The molecule has 3 aromatic rings. The van der Waals surface area contributed by atoms with E-state index < -0.39 is 16.9 Å². The van der Waals surface area contributed by atoms with Crippen LogP contribution in [0.3, 0.4) is 0 Å². The third kappa shape index (κ3) is 3.92. The number of aromatic nitrogens is 2. The summed E-state index contributed by atoms with van der Waals surface area (Å²) in [7, 11) is 0. The predicted molar refractivity (Wildman–Crippen MR) is 99.9 cm³/mol. The molecular weight excluding hydrogens is 351 g/mol. The SMILES string of the molecule is CCc1cc(=O)oc2nc(OCc3ccc(C)c(C(C)(C)F)c3)[nH]c(=O)c12. The summed E-state index contributed by atoms with van der Waals surface area (Å²) in [6, 6.07) is 6.58. The number of rotatable bonds is 5. The summed E-state index contributed by atoms with van der Waals surface area (Å²) in [5.41, 5.74) is 0.159. The number of alkyl halides is 1. The number of ether oxygens (including phenoxy) is 1. The van der Waals surface area contributed by atoms with Gasteiger partial charge in [0, 0.05) is 6.07 Å². The highest BCUT2D eigenvalue weighted by Crippen LogP contribution is 2.28. The Bertz CT molecular complexity index is 1110. The molecule has 3 rings (SSSR count). The van der Waals surface area contributed by atoms with Crippen LogP contribution < -0.4 is 15.9 Å². The van der Waals surface area contributed by atoms with Gasteiger partial charge < -0.3 is 9.15 Å². The topological polar surface area (TPSA) is 85.2 Å². The van der Waals surface area contributed by atoms with Gasteiger partial charge in [0.1, 0.15) is 17.7 Å². The minimum atomic E-state index is -1.48. The Hall–Kier alpha value is -2.96. The van der Waals surface area contributed by atoms with Gasteiger partial charge in [-0.2, -0.15) is 4.98 Å². The van der Waals surface area contributed by atoms with E-state index in [0.717, 1.165) is 11.1 Å². The Morgan fingerprint density at radius 3 is 2.67 bits per heavy atom. The van der Waals surface area contributed by atoms with Gasteiger partial charge in [0.05, 0.1) is 0 Å². The number of H-pyrrole nitrogens is 1. The highest BCUT2D eigenvalue weighted by atomic mass is 19.1. The first-order valence-electron chi connectivity index (χ1n) is 8.68. The summed E-state index contributed by atoms with van der Waals surface area (Å²) in [4.78, 5) is 30.6. The molecule has 0 aliphatic rings. The molecule has 0 bridgehead atoms. The Morgan fingerprint density at radius 2 is 2.00 bits per heavy atom. The lowest BCUT2D eigenvalue weighted by atomic mass is 9.93. The van der Waals surface area contributed by atoms with Gasteiger partial charge in [-0.15, -0.1) is 0 Å². The van der Waals surface area contributed by atoms with Gasteiger partial charge in [-0.1, -0.05) is 19.1 Å². The molecule has 2 aromatic heterocycles. The van der Waals surface area contributed by atoms with Crippen LogP contribution in [0.5, 0.6) is 6.01 Å². The summed E-state index contributed by atoms with van der Waals surface area (Å²) in [6.45, 7) is 6.75. The molecule has 142 valence electrons. The van der Waals surface area contributed by atoms with Crippen molar-refractivity contribution >= 4 is 11.1 Å². The maximum atomic E-state index is 14.3. The molecule has 1 aromatic carbocycles. The smallest absolute Gasteiger partial charge is 0.337 e. The summed E-state index contributed by atoms with van der Waals surface area (Å²) < 4.78 is 24.9. The van der Waals surface area contributed by atoms with E-state index in [0.29, 0.717) is 17.5 Å². The van der Waals surface area contributed by atoms with Gasteiger partial charge in [-0.05, 0) is 55.5 Å². The number of aromatic amines is 1. The molecule has 0 saturated carbocycles. The molecule has 0 atom stereocenters. The number of benzene rings is 1. The average Bonchev–Trinajstić information content (AvgIpc) is 2.58. The fraction of sp³-hybridized carbons (Fsp3) is 0.350. The number of aryl methyl sites for hydroxylation is 2. The van der Waals surface area contributed by atoms with Crippen LogP contribution in [0.1, 0.15) is 43.0 Å². The maximum absolute atomic E-state index is 14.3. The van der Waals surface area contributed by atoms with Gasteiger partial charge in [-0.25, -0.2) is 9.18 Å². The minimum absolute atomic E-state index is 0.0624. The van der Waals surface area contributed by atoms with Gasteiger partial charge in [0.15, 0.2) is 0 Å². The highest BCUT2D eigenvalue weighted by Gasteiger charge is 2.21. The first-order chi connectivity index (χ1) is 12.7. The molecule has 27 heavy (non-hydrogen) atoms. The zero-order valence-electron chi connectivity index (χ0n) is 15.7. The lowest BCUT2D eigenvalue weighted by Gasteiger charge is -2.18. The van der Waals surface area contributed by atoms with E-state index in [-0.39, 0.29) is 23.7 Å². The molecule has 2 heterocycles. The van der Waals surface area contributed by atoms with Crippen LogP contribution in [-0.4, -0.2) is 9.97 Å². The second kappa shape index (κ2) is 6.98. The van der Waals surface area contributed by atoms with E-state index in [4.69, 9.17) is 9.15 Å². The van der Waals surface area contributed by atoms with Crippen LogP contribution in [0, 0.1) is 6.92 Å². The lowest BCUT2D eigenvalue weighted by Crippen LogP contribution is -2.15. The van der Waals surface area contributed by atoms with Crippen molar-refractivity contribution in [1.29, 1.82) is 0 Å². The molecule has 0 spiro atoms. The Kier molecular flexibility index (Phi) is 4.87. The molecular formula is C20H21FN2O4. The summed E-state index contributed by atoms with van der Waals surface area (Å²) in [6.07, 6.45) is 0.498. The fourth-order valence-corrected chi connectivity index (χ4v) is 3.03. The van der Waals surface area contributed by atoms with Crippen LogP contribution in [0.15, 0.2) is 38.3 Å².